The fourth-order valence-electron chi connectivity index (χ4n) is 1.50. The van der Waals surface area contributed by atoms with E-state index in [4.69, 9.17) is 5.73 Å². The SMILES string of the molecule is Cc1c(N)nc(Cc2ccccc2F)[nH]c1=O. The minimum Gasteiger partial charge on any atom is -0.383 e. The molecule has 4 nitrogen and oxygen atoms in total. The van der Waals surface area contributed by atoms with Gasteiger partial charge >= 0.3 is 0 Å². The molecule has 3 N–H and O–H groups in total. The highest BCUT2D eigenvalue weighted by Crippen LogP contribution is 2.10. The number of aromatic amines is 1. The molecular formula is C12H12FN3O. The lowest BCUT2D eigenvalue weighted by Gasteiger charge is -2.04. The predicted octanol–water partition coefficient (Wildman–Crippen LogP) is 1.39. The molecule has 0 bridgehead atoms. The van der Waals surface area contributed by atoms with E-state index in [1.165, 1.54) is 6.07 Å². The Bertz CT molecular complexity index is 607. The van der Waals surface area contributed by atoms with E-state index in [0.29, 0.717) is 17.0 Å². The minimum atomic E-state index is -0.325. The molecule has 2 aromatic rings. The molecule has 0 unspecified atom stereocenters. The largest absolute Gasteiger partial charge is 0.383 e. The van der Waals surface area contributed by atoms with E-state index in [1.54, 1.807) is 25.1 Å². The molecular weight excluding hydrogens is 221 g/mol. The molecule has 0 aliphatic heterocycles. The zero-order valence-electron chi connectivity index (χ0n) is 9.33. The fourth-order valence-corrected chi connectivity index (χ4v) is 1.50. The summed E-state index contributed by atoms with van der Waals surface area (Å²) in [6.45, 7) is 1.59. The van der Waals surface area contributed by atoms with E-state index in [0.717, 1.165) is 0 Å². The van der Waals surface area contributed by atoms with Crippen molar-refractivity contribution in [2.45, 2.75) is 13.3 Å². The third-order valence-corrected chi connectivity index (χ3v) is 2.55. The number of nitrogens with two attached hydrogens (primary N) is 1. The van der Waals surface area contributed by atoms with Gasteiger partial charge in [0.05, 0.1) is 5.56 Å². The third kappa shape index (κ3) is 2.33. The monoisotopic (exact) mass is 233 g/mol. The molecule has 0 amide bonds. The second-order valence-electron chi connectivity index (χ2n) is 3.79. The summed E-state index contributed by atoms with van der Waals surface area (Å²) in [4.78, 5) is 18.1. The summed E-state index contributed by atoms with van der Waals surface area (Å²) >= 11 is 0. The molecule has 5 heteroatoms. The summed E-state index contributed by atoms with van der Waals surface area (Å²) in [6, 6.07) is 6.35. The summed E-state index contributed by atoms with van der Waals surface area (Å²) in [7, 11) is 0. The van der Waals surface area contributed by atoms with Gasteiger partial charge in [0.1, 0.15) is 17.5 Å². The van der Waals surface area contributed by atoms with Gasteiger partial charge < -0.3 is 10.7 Å². The van der Waals surface area contributed by atoms with E-state index >= 15 is 0 Å². The van der Waals surface area contributed by atoms with Crippen LogP contribution < -0.4 is 11.3 Å². The van der Waals surface area contributed by atoms with Gasteiger partial charge in [-0.05, 0) is 18.6 Å². The van der Waals surface area contributed by atoms with Crippen LogP contribution in [0.15, 0.2) is 29.1 Å². The number of aromatic nitrogens is 2. The highest BCUT2D eigenvalue weighted by atomic mass is 19.1. The maximum atomic E-state index is 13.4. The molecule has 0 saturated heterocycles. The molecule has 1 aromatic carbocycles. The number of nitrogen functional groups attached to an aromatic ring is 1. The number of H-pyrrole nitrogens is 1. The van der Waals surface area contributed by atoms with Crippen molar-refractivity contribution in [3.63, 3.8) is 0 Å². The van der Waals surface area contributed by atoms with Gasteiger partial charge in [0.25, 0.3) is 5.56 Å². The van der Waals surface area contributed by atoms with E-state index in [-0.39, 0.29) is 23.6 Å². The molecule has 88 valence electrons. The summed E-state index contributed by atoms with van der Waals surface area (Å²) in [6.07, 6.45) is 0.215. The minimum absolute atomic E-state index is 0.181. The van der Waals surface area contributed by atoms with Gasteiger partial charge in [0.15, 0.2) is 0 Å². The highest BCUT2D eigenvalue weighted by Gasteiger charge is 2.07. The van der Waals surface area contributed by atoms with Crippen LogP contribution in [0.25, 0.3) is 0 Å². The number of nitrogens with zero attached hydrogens (tertiary/aromatic N) is 1. The van der Waals surface area contributed by atoms with Crippen LogP contribution in [-0.2, 0) is 6.42 Å². The Labute approximate surface area is 97.3 Å². The zero-order valence-corrected chi connectivity index (χ0v) is 9.33. The Kier molecular flexibility index (Phi) is 2.91. The Morgan fingerprint density at radius 2 is 2.12 bits per heavy atom. The lowest BCUT2D eigenvalue weighted by atomic mass is 10.1. The maximum absolute atomic E-state index is 13.4. The van der Waals surface area contributed by atoms with Crippen LogP contribution in [0.2, 0.25) is 0 Å². The normalized spacial score (nSPS) is 10.5. The molecule has 0 spiro atoms. The lowest BCUT2D eigenvalue weighted by molar-refractivity contribution is 0.612. The molecule has 0 aliphatic carbocycles. The topological polar surface area (TPSA) is 71.8 Å². The number of rotatable bonds is 2. The summed E-state index contributed by atoms with van der Waals surface area (Å²) in [5, 5.41) is 0. The van der Waals surface area contributed by atoms with Gasteiger partial charge in [-0.15, -0.1) is 0 Å². The van der Waals surface area contributed by atoms with Gasteiger partial charge in [0.2, 0.25) is 0 Å². The number of nitrogens with one attached hydrogen (secondary N) is 1. The number of halogens is 1. The zero-order chi connectivity index (χ0) is 12.4. The molecule has 17 heavy (non-hydrogen) atoms. The van der Waals surface area contributed by atoms with Gasteiger partial charge in [0, 0.05) is 6.42 Å². The van der Waals surface area contributed by atoms with Gasteiger partial charge in [-0.2, -0.15) is 0 Å². The van der Waals surface area contributed by atoms with Crippen LogP contribution in [0.3, 0.4) is 0 Å². The van der Waals surface area contributed by atoms with Gasteiger partial charge in [-0.3, -0.25) is 4.79 Å². The highest BCUT2D eigenvalue weighted by molar-refractivity contribution is 5.36. The van der Waals surface area contributed by atoms with Crippen LogP contribution in [0.4, 0.5) is 10.2 Å². The number of hydrogen-bond donors (Lipinski definition) is 2. The van der Waals surface area contributed by atoms with Gasteiger partial charge in [-0.1, -0.05) is 18.2 Å². The first kappa shape index (κ1) is 11.3. The maximum Gasteiger partial charge on any atom is 0.255 e. The van der Waals surface area contributed by atoms with Crippen molar-refractivity contribution in [2.75, 3.05) is 5.73 Å². The molecule has 0 fully saturated rings. The molecule has 0 radical (unpaired) electrons. The van der Waals surface area contributed by atoms with Crippen molar-refractivity contribution in [1.29, 1.82) is 0 Å². The van der Waals surface area contributed by atoms with Crippen molar-refractivity contribution in [3.8, 4) is 0 Å². The second kappa shape index (κ2) is 4.37. The Morgan fingerprint density at radius 1 is 1.41 bits per heavy atom. The van der Waals surface area contributed by atoms with E-state index < -0.39 is 0 Å². The first-order valence-electron chi connectivity index (χ1n) is 5.16. The van der Waals surface area contributed by atoms with Crippen LogP contribution >= 0.6 is 0 Å². The molecule has 0 saturated carbocycles. The standard InChI is InChI=1S/C12H12FN3O/c1-7-11(14)15-10(16-12(7)17)6-8-4-2-3-5-9(8)13/h2-5H,6H2,1H3,(H3,14,15,16,17). The van der Waals surface area contributed by atoms with E-state index in [2.05, 4.69) is 9.97 Å². The van der Waals surface area contributed by atoms with Crippen molar-refractivity contribution in [2.24, 2.45) is 0 Å². The Balaban J connectivity index is 2.38. The molecule has 0 atom stereocenters. The second-order valence-corrected chi connectivity index (χ2v) is 3.79. The number of benzene rings is 1. The average molecular weight is 233 g/mol. The summed E-state index contributed by atoms with van der Waals surface area (Å²) in [5.74, 6) is 0.220. The first-order chi connectivity index (χ1) is 8.08. The quantitative estimate of drug-likeness (QED) is 0.823. The fraction of sp³-hybridized carbons (Fsp3) is 0.167. The summed E-state index contributed by atoms with van der Waals surface area (Å²) in [5.41, 5.74) is 6.15. The molecule has 2 rings (SSSR count). The van der Waals surface area contributed by atoms with Crippen LogP contribution in [0.1, 0.15) is 17.0 Å². The Morgan fingerprint density at radius 3 is 2.76 bits per heavy atom. The van der Waals surface area contributed by atoms with Crippen LogP contribution in [0.5, 0.6) is 0 Å². The van der Waals surface area contributed by atoms with Gasteiger partial charge in [-0.25, -0.2) is 9.37 Å². The summed E-state index contributed by atoms with van der Waals surface area (Å²) < 4.78 is 13.4. The average Bonchev–Trinajstić information content (AvgIpc) is 2.29. The molecule has 1 heterocycles. The van der Waals surface area contributed by atoms with Crippen molar-refractivity contribution in [3.05, 3.63) is 57.4 Å². The number of hydrogen-bond acceptors (Lipinski definition) is 3. The third-order valence-electron chi connectivity index (χ3n) is 2.55. The smallest absolute Gasteiger partial charge is 0.255 e. The van der Waals surface area contributed by atoms with Crippen molar-refractivity contribution >= 4 is 5.82 Å². The van der Waals surface area contributed by atoms with E-state index in [1.807, 2.05) is 0 Å². The predicted molar refractivity (Wildman–Crippen MR) is 63.2 cm³/mol. The number of anilines is 1. The van der Waals surface area contributed by atoms with Crippen LogP contribution in [-0.4, -0.2) is 9.97 Å². The van der Waals surface area contributed by atoms with E-state index in [9.17, 15) is 9.18 Å². The molecule has 0 aliphatic rings. The van der Waals surface area contributed by atoms with Crippen molar-refractivity contribution < 1.29 is 4.39 Å². The molecule has 1 aromatic heterocycles. The lowest BCUT2D eigenvalue weighted by Crippen LogP contribution is -2.17. The van der Waals surface area contributed by atoms with Crippen molar-refractivity contribution in [1.82, 2.24) is 9.97 Å². The van der Waals surface area contributed by atoms with Crippen LogP contribution in [0, 0.1) is 12.7 Å². The first-order valence-corrected chi connectivity index (χ1v) is 5.16. The Hall–Kier alpha value is -2.17.